The van der Waals surface area contributed by atoms with Crippen molar-refractivity contribution in [3.63, 3.8) is 0 Å². The average Bonchev–Trinajstić information content (AvgIpc) is 2.38. The first-order valence-electron chi connectivity index (χ1n) is 6.66. The number of benzene rings is 1. The molecule has 1 aliphatic heterocycles. The van der Waals surface area contributed by atoms with E-state index in [4.69, 9.17) is 16.3 Å². The highest BCUT2D eigenvalue weighted by atomic mass is 35.5. The van der Waals surface area contributed by atoms with Crippen LogP contribution >= 0.6 is 11.6 Å². The van der Waals surface area contributed by atoms with Crippen LogP contribution in [0.4, 0.5) is 4.39 Å². The predicted octanol–water partition coefficient (Wildman–Crippen LogP) is 3.51. The van der Waals surface area contributed by atoms with Crippen LogP contribution in [0, 0.1) is 5.82 Å². The number of nitrogens with zero attached hydrogens (tertiary/aromatic N) is 1. The zero-order valence-corrected chi connectivity index (χ0v) is 12.7. The Morgan fingerprint density at radius 2 is 2.20 bits per heavy atom. The summed E-state index contributed by atoms with van der Waals surface area (Å²) in [6.07, 6.45) is 1.49. The molecule has 0 unspecified atom stereocenters. The van der Waals surface area contributed by atoms with Crippen molar-refractivity contribution in [3.8, 4) is 0 Å². The van der Waals surface area contributed by atoms with Gasteiger partial charge in [-0.05, 0) is 44.9 Å². The van der Waals surface area contributed by atoms with Crippen molar-refractivity contribution in [1.29, 1.82) is 0 Å². The molecule has 0 radical (unpaired) electrons. The summed E-state index contributed by atoms with van der Waals surface area (Å²) in [7, 11) is 1.70. The summed E-state index contributed by atoms with van der Waals surface area (Å²) >= 11 is 5.84. The van der Waals surface area contributed by atoms with Crippen molar-refractivity contribution in [3.05, 3.63) is 34.6 Å². The van der Waals surface area contributed by atoms with Crippen LogP contribution in [-0.4, -0.2) is 36.1 Å². The third-order valence-electron chi connectivity index (χ3n) is 3.70. The Kier molecular flexibility index (Phi) is 4.35. The molecule has 1 aromatic carbocycles. The predicted molar refractivity (Wildman–Crippen MR) is 76.6 cm³/mol. The van der Waals surface area contributed by atoms with Gasteiger partial charge in [0.05, 0.1) is 11.2 Å². The Bertz CT molecular complexity index is 519. The van der Waals surface area contributed by atoms with Crippen molar-refractivity contribution in [2.24, 2.45) is 0 Å². The average molecular weight is 300 g/mol. The SMILES string of the molecule is CN(C(=O)c1cc(Cl)ccc1F)[C@H]1CCOC(C)(C)C1. The van der Waals surface area contributed by atoms with Gasteiger partial charge in [0.2, 0.25) is 0 Å². The molecule has 1 aromatic rings. The van der Waals surface area contributed by atoms with Crippen molar-refractivity contribution in [2.75, 3.05) is 13.7 Å². The Hall–Kier alpha value is -1.13. The first kappa shape index (κ1) is 15.3. The summed E-state index contributed by atoms with van der Waals surface area (Å²) in [6.45, 7) is 4.60. The lowest BCUT2D eigenvalue weighted by Crippen LogP contribution is -2.46. The summed E-state index contributed by atoms with van der Waals surface area (Å²) in [6, 6.07) is 4.08. The van der Waals surface area contributed by atoms with Crippen molar-refractivity contribution in [1.82, 2.24) is 4.90 Å². The second kappa shape index (κ2) is 5.70. The topological polar surface area (TPSA) is 29.5 Å². The van der Waals surface area contributed by atoms with Crippen molar-refractivity contribution < 1.29 is 13.9 Å². The smallest absolute Gasteiger partial charge is 0.256 e. The van der Waals surface area contributed by atoms with Gasteiger partial charge in [-0.1, -0.05) is 11.6 Å². The number of hydrogen-bond acceptors (Lipinski definition) is 2. The molecule has 3 nitrogen and oxygen atoms in total. The Balaban J connectivity index is 2.18. The molecule has 1 atom stereocenters. The highest BCUT2D eigenvalue weighted by molar-refractivity contribution is 6.31. The number of rotatable bonds is 2. The highest BCUT2D eigenvalue weighted by Crippen LogP contribution is 2.28. The highest BCUT2D eigenvalue weighted by Gasteiger charge is 2.33. The van der Waals surface area contributed by atoms with E-state index in [9.17, 15) is 9.18 Å². The van der Waals surface area contributed by atoms with Gasteiger partial charge in [0.1, 0.15) is 5.82 Å². The van der Waals surface area contributed by atoms with Crippen LogP contribution in [0.2, 0.25) is 5.02 Å². The molecule has 1 fully saturated rings. The number of ether oxygens (including phenoxy) is 1. The van der Waals surface area contributed by atoms with E-state index in [1.807, 2.05) is 13.8 Å². The maximum absolute atomic E-state index is 13.8. The normalized spacial score (nSPS) is 21.6. The Morgan fingerprint density at radius 1 is 1.50 bits per heavy atom. The number of halogens is 2. The van der Waals surface area contributed by atoms with Crippen LogP contribution in [0.25, 0.3) is 0 Å². The molecule has 20 heavy (non-hydrogen) atoms. The van der Waals surface area contributed by atoms with Crippen LogP contribution in [-0.2, 0) is 4.74 Å². The summed E-state index contributed by atoms with van der Waals surface area (Å²) in [5.41, 5.74) is -0.242. The van der Waals surface area contributed by atoms with Crippen LogP contribution in [0.1, 0.15) is 37.0 Å². The minimum Gasteiger partial charge on any atom is -0.375 e. The monoisotopic (exact) mass is 299 g/mol. The van der Waals surface area contributed by atoms with E-state index in [0.717, 1.165) is 12.8 Å². The lowest BCUT2D eigenvalue weighted by atomic mass is 9.92. The Labute approximate surface area is 123 Å². The van der Waals surface area contributed by atoms with Gasteiger partial charge < -0.3 is 9.64 Å². The molecule has 1 heterocycles. The van der Waals surface area contributed by atoms with Gasteiger partial charge in [0, 0.05) is 24.7 Å². The molecule has 110 valence electrons. The third kappa shape index (κ3) is 3.30. The standard InChI is InChI=1S/C15H19ClFNO2/c1-15(2)9-11(6-7-20-15)18(3)14(19)12-8-10(16)4-5-13(12)17/h4-5,8,11H,6-7,9H2,1-3H3/t11-/m0/s1. The lowest BCUT2D eigenvalue weighted by molar-refractivity contribution is -0.0756. The maximum atomic E-state index is 13.8. The van der Waals surface area contributed by atoms with E-state index >= 15 is 0 Å². The van der Waals surface area contributed by atoms with E-state index in [0.29, 0.717) is 11.6 Å². The molecule has 0 spiro atoms. The van der Waals surface area contributed by atoms with Gasteiger partial charge in [0.15, 0.2) is 0 Å². The van der Waals surface area contributed by atoms with E-state index < -0.39 is 5.82 Å². The van der Waals surface area contributed by atoms with E-state index in [1.54, 1.807) is 11.9 Å². The fraction of sp³-hybridized carbons (Fsp3) is 0.533. The van der Waals surface area contributed by atoms with E-state index in [1.165, 1.54) is 18.2 Å². The van der Waals surface area contributed by atoms with Crippen LogP contribution in [0.3, 0.4) is 0 Å². The minimum atomic E-state index is -0.544. The fourth-order valence-electron chi connectivity index (χ4n) is 2.55. The molecule has 0 aromatic heterocycles. The molecule has 5 heteroatoms. The van der Waals surface area contributed by atoms with Gasteiger partial charge in [-0.2, -0.15) is 0 Å². The van der Waals surface area contributed by atoms with Crippen molar-refractivity contribution in [2.45, 2.75) is 38.3 Å². The molecule has 0 aliphatic carbocycles. The van der Waals surface area contributed by atoms with Gasteiger partial charge in [0.25, 0.3) is 5.91 Å². The number of hydrogen-bond donors (Lipinski definition) is 0. The summed E-state index contributed by atoms with van der Waals surface area (Å²) in [4.78, 5) is 14.0. The fourth-order valence-corrected chi connectivity index (χ4v) is 2.72. The van der Waals surface area contributed by atoms with Crippen LogP contribution in [0.15, 0.2) is 18.2 Å². The first-order valence-corrected chi connectivity index (χ1v) is 7.04. The van der Waals surface area contributed by atoms with Gasteiger partial charge in [-0.25, -0.2) is 4.39 Å². The molecule has 0 N–H and O–H groups in total. The number of amides is 1. The van der Waals surface area contributed by atoms with E-state index in [-0.39, 0.29) is 23.1 Å². The lowest BCUT2D eigenvalue weighted by Gasteiger charge is -2.39. The second-order valence-corrected chi connectivity index (χ2v) is 6.23. The molecule has 0 bridgehead atoms. The minimum absolute atomic E-state index is 0.0179. The second-order valence-electron chi connectivity index (χ2n) is 5.80. The summed E-state index contributed by atoms with van der Waals surface area (Å²) in [5.74, 6) is -0.884. The number of carbonyl (C=O) groups excluding carboxylic acids is 1. The molecule has 2 rings (SSSR count). The molecular weight excluding hydrogens is 281 g/mol. The number of carbonyl (C=O) groups is 1. The molecule has 1 amide bonds. The third-order valence-corrected chi connectivity index (χ3v) is 3.93. The first-order chi connectivity index (χ1) is 9.30. The van der Waals surface area contributed by atoms with Gasteiger partial charge in [-0.3, -0.25) is 4.79 Å². The molecule has 1 aliphatic rings. The maximum Gasteiger partial charge on any atom is 0.256 e. The van der Waals surface area contributed by atoms with Gasteiger partial charge in [-0.15, -0.1) is 0 Å². The zero-order chi connectivity index (χ0) is 14.9. The van der Waals surface area contributed by atoms with Crippen LogP contribution < -0.4 is 0 Å². The molecular formula is C15H19ClFNO2. The quantitative estimate of drug-likeness (QED) is 0.836. The zero-order valence-electron chi connectivity index (χ0n) is 12.0. The molecule has 0 saturated carbocycles. The van der Waals surface area contributed by atoms with Crippen LogP contribution in [0.5, 0.6) is 0 Å². The summed E-state index contributed by atoms with van der Waals surface area (Å²) in [5, 5.41) is 0.357. The molecule has 1 saturated heterocycles. The Morgan fingerprint density at radius 3 is 2.85 bits per heavy atom. The largest absolute Gasteiger partial charge is 0.375 e. The summed E-state index contributed by atoms with van der Waals surface area (Å²) < 4.78 is 19.4. The van der Waals surface area contributed by atoms with Gasteiger partial charge >= 0.3 is 0 Å². The van der Waals surface area contributed by atoms with Crippen molar-refractivity contribution >= 4 is 17.5 Å². The van der Waals surface area contributed by atoms with E-state index in [2.05, 4.69) is 0 Å².